The van der Waals surface area contributed by atoms with Crippen molar-refractivity contribution in [3.05, 3.63) is 54.1 Å². The molecule has 1 amide bonds. The Morgan fingerprint density at radius 3 is 2.33 bits per heavy atom. The molecule has 0 saturated carbocycles. The lowest BCUT2D eigenvalue weighted by Crippen LogP contribution is -2.60. The van der Waals surface area contributed by atoms with Gasteiger partial charge >= 0.3 is 0 Å². The van der Waals surface area contributed by atoms with Crippen molar-refractivity contribution in [2.24, 2.45) is 5.73 Å². The molecule has 1 saturated heterocycles. The third-order valence-corrected chi connectivity index (χ3v) is 4.44. The molecule has 8 heteroatoms. The Bertz CT molecular complexity index is 793. The highest BCUT2D eigenvalue weighted by Crippen LogP contribution is 2.27. The summed E-state index contributed by atoms with van der Waals surface area (Å²) < 4.78 is 10.9. The summed E-state index contributed by atoms with van der Waals surface area (Å²) in [6.07, 6.45) is -6.70. The average molecular weight is 375 g/mol. The van der Waals surface area contributed by atoms with Gasteiger partial charge in [-0.05, 0) is 35.4 Å². The van der Waals surface area contributed by atoms with Gasteiger partial charge in [-0.1, -0.05) is 24.3 Å². The first-order chi connectivity index (χ1) is 12.9. The van der Waals surface area contributed by atoms with E-state index in [0.717, 1.165) is 11.1 Å². The SMILES string of the molecule is NC(=O)c1cccc(-c2ccc(O[C@H]3O[C@H](CO)[C@@H](O)[C@H](O)[C@@H]3O)cc2)c1. The maximum Gasteiger partial charge on any atom is 0.248 e. The molecule has 1 heterocycles. The number of aliphatic hydroxyl groups excluding tert-OH is 4. The number of hydrogen-bond acceptors (Lipinski definition) is 7. The monoisotopic (exact) mass is 375 g/mol. The molecule has 2 aromatic carbocycles. The normalized spacial score (nSPS) is 27.9. The molecule has 144 valence electrons. The highest BCUT2D eigenvalue weighted by Gasteiger charge is 2.44. The zero-order valence-corrected chi connectivity index (χ0v) is 14.3. The summed E-state index contributed by atoms with van der Waals surface area (Å²) >= 11 is 0. The summed E-state index contributed by atoms with van der Waals surface area (Å²) in [5, 5.41) is 38.8. The summed E-state index contributed by atoms with van der Waals surface area (Å²) in [5.41, 5.74) is 7.31. The van der Waals surface area contributed by atoms with Crippen LogP contribution in [0.4, 0.5) is 0 Å². The summed E-state index contributed by atoms with van der Waals surface area (Å²) in [6, 6.07) is 13.6. The molecule has 2 aromatic rings. The minimum absolute atomic E-state index is 0.356. The molecule has 0 spiro atoms. The number of carbonyl (C=O) groups excluding carboxylic acids is 1. The Hall–Kier alpha value is -2.49. The van der Waals surface area contributed by atoms with Crippen LogP contribution in [0.5, 0.6) is 5.75 Å². The largest absolute Gasteiger partial charge is 0.462 e. The zero-order chi connectivity index (χ0) is 19.6. The first-order valence-electron chi connectivity index (χ1n) is 8.38. The van der Waals surface area contributed by atoms with Gasteiger partial charge in [-0.15, -0.1) is 0 Å². The van der Waals surface area contributed by atoms with Crippen LogP contribution in [0.15, 0.2) is 48.5 Å². The number of carbonyl (C=O) groups is 1. The zero-order valence-electron chi connectivity index (χ0n) is 14.3. The summed E-state index contributed by atoms with van der Waals surface area (Å²) in [4.78, 5) is 11.3. The van der Waals surface area contributed by atoms with E-state index < -0.39 is 43.2 Å². The molecule has 1 fully saturated rings. The van der Waals surface area contributed by atoms with Crippen molar-refractivity contribution in [1.82, 2.24) is 0 Å². The second-order valence-corrected chi connectivity index (χ2v) is 6.28. The minimum atomic E-state index is -1.50. The number of hydrogen-bond donors (Lipinski definition) is 5. The Kier molecular flexibility index (Phi) is 5.73. The third kappa shape index (κ3) is 4.10. The Balaban J connectivity index is 1.74. The molecule has 1 aliphatic rings. The lowest BCUT2D eigenvalue weighted by molar-refractivity contribution is -0.277. The Morgan fingerprint density at radius 1 is 1.00 bits per heavy atom. The van der Waals surface area contributed by atoms with Crippen LogP contribution in [0.2, 0.25) is 0 Å². The standard InChI is InChI=1S/C19H21NO7/c20-18(25)12-3-1-2-11(8-12)10-4-6-13(7-5-10)26-19-17(24)16(23)15(22)14(9-21)27-19/h1-8,14-17,19,21-24H,9H2,(H2,20,25)/t14-,15-,16+,17+,19+/m1/s1. The molecule has 8 nitrogen and oxygen atoms in total. The summed E-state index contributed by atoms with van der Waals surface area (Å²) in [5.74, 6) is -0.159. The number of ether oxygens (including phenoxy) is 2. The fraction of sp³-hybridized carbons (Fsp3) is 0.316. The molecule has 0 unspecified atom stereocenters. The first kappa shape index (κ1) is 19.3. The van der Waals surface area contributed by atoms with Crippen LogP contribution in [-0.4, -0.2) is 63.6 Å². The van der Waals surface area contributed by atoms with Crippen molar-refractivity contribution in [3.8, 4) is 16.9 Å². The number of nitrogens with two attached hydrogens (primary N) is 1. The van der Waals surface area contributed by atoms with E-state index in [9.17, 15) is 25.2 Å². The lowest BCUT2D eigenvalue weighted by atomic mass is 9.99. The minimum Gasteiger partial charge on any atom is -0.462 e. The van der Waals surface area contributed by atoms with Gasteiger partial charge in [0, 0.05) is 5.56 Å². The van der Waals surface area contributed by atoms with Gasteiger partial charge in [-0.25, -0.2) is 0 Å². The second kappa shape index (κ2) is 8.03. The van der Waals surface area contributed by atoms with Gasteiger partial charge < -0.3 is 35.6 Å². The molecule has 3 rings (SSSR count). The first-order valence-corrected chi connectivity index (χ1v) is 8.38. The average Bonchev–Trinajstić information content (AvgIpc) is 2.69. The van der Waals surface area contributed by atoms with Gasteiger partial charge in [-0.2, -0.15) is 0 Å². The second-order valence-electron chi connectivity index (χ2n) is 6.28. The van der Waals surface area contributed by atoms with Crippen LogP contribution >= 0.6 is 0 Å². The Labute approximate surface area is 155 Å². The maximum absolute atomic E-state index is 11.3. The van der Waals surface area contributed by atoms with E-state index in [-0.39, 0.29) is 0 Å². The van der Waals surface area contributed by atoms with Crippen molar-refractivity contribution in [2.45, 2.75) is 30.7 Å². The lowest BCUT2D eigenvalue weighted by Gasteiger charge is -2.39. The van der Waals surface area contributed by atoms with Crippen LogP contribution in [0.3, 0.4) is 0 Å². The smallest absolute Gasteiger partial charge is 0.248 e. The van der Waals surface area contributed by atoms with E-state index in [2.05, 4.69) is 0 Å². The van der Waals surface area contributed by atoms with E-state index >= 15 is 0 Å². The quantitative estimate of drug-likeness (QED) is 0.480. The molecule has 0 aliphatic carbocycles. The highest BCUT2D eigenvalue weighted by atomic mass is 16.7. The molecule has 27 heavy (non-hydrogen) atoms. The molecular weight excluding hydrogens is 354 g/mol. The molecule has 0 bridgehead atoms. The van der Waals surface area contributed by atoms with E-state index in [4.69, 9.17) is 15.2 Å². The number of primary amides is 1. The van der Waals surface area contributed by atoms with Crippen molar-refractivity contribution < 1.29 is 34.7 Å². The van der Waals surface area contributed by atoms with Crippen LogP contribution in [0.25, 0.3) is 11.1 Å². The molecule has 0 radical (unpaired) electrons. The number of aliphatic hydroxyl groups is 4. The molecule has 0 aromatic heterocycles. The van der Waals surface area contributed by atoms with Crippen molar-refractivity contribution >= 4 is 5.91 Å². The van der Waals surface area contributed by atoms with E-state index in [1.54, 1.807) is 42.5 Å². The molecule has 6 N–H and O–H groups in total. The number of benzene rings is 2. The van der Waals surface area contributed by atoms with Gasteiger partial charge in [0.15, 0.2) is 0 Å². The van der Waals surface area contributed by atoms with Crippen LogP contribution < -0.4 is 10.5 Å². The van der Waals surface area contributed by atoms with Crippen molar-refractivity contribution in [1.29, 1.82) is 0 Å². The van der Waals surface area contributed by atoms with Crippen LogP contribution in [-0.2, 0) is 4.74 Å². The molecule has 5 atom stereocenters. The molecule has 1 aliphatic heterocycles. The number of amides is 1. The van der Waals surface area contributed by atoms with Crippen molar-refractivity contribution in [3.63, 3.8) is 0 Å². The summed E-state index contributed by atoms with van der Waals surface area (Å²) in [6.45, 7) is -0.528. The van der Waals surface area contributed by atoms with Crippen LogP contribution in [0, 0.1) is 0 Å². The van der Waals surface area contributed by atoms with Crippen LogP contribution in [0.1, 0.15) is 10.4 Å². The van der Waals surface area contributed by atoms with Gasteiger partial charge in [0.25, 0.3) is 0 Å². The van der Waals surface area contributed by atoms with E-state index in [1.807, 2.05) is 6.07 Å². The van der Waals surface area contributed by atoms with Gasteiger partial charge in [-0.3, -0.25) is 4.79 Å². The van der Waals surface area contributed by atoms with E-state index in [0.29, 0.717) is 11.3 Å². The number of rotatable bonds is 5. The fourth-order valence-corrected chi connectivity index (χ4v) is 2.88. The highest BCUT2D eigenvalue weighted by molar-refractivity contribution is 5.94. The summed E-state index contributed by atoms with van der Waals surface area (Å²) in [7, 11) is 0. The predicted octanol–water partition coefficient (Wildman–Crippen LogP) is -0.369. The van der Waals surface area contributed by atoms with Gasteiger partial charge in [0.05, 0.1) is 6.61 Å². The third-order valence-electron chi connectivity index (χ3n) is 4.44. The Morgan fingerprint density at radius 2 is 1.70 bits per heavy atom. The van der Waals surface area contributed by atoms with E-state index in [1.165, 1.54) is 0 Å². The maximum atomic E-state index is 11.3. The fourth-order valence-electron chi connectivity index (χ4n) is 2.88. The molecular formula is C19H21NO7. The van der Waals surface area contributed by atoms with Crippen molar-refractivity contribution in [2.75, 3.05) is 6.61 Å². The predicted molar refractivity (Wildman–Crippen MR) is 94.8 cm³/mol. The van der Waals surface area contributed by atoms with Gasteiger partial charge in [0.2, 0.25) is 12.2 Å². The topological polar surface area (TPSA) is 142 Å². The van der Waals surface area contributed by atoms with Gasteiger partial charge in [0.1, 0.15) is 30.2 Å².